The van der Waals surface area contributed by atoms with Crippen molar-refractivity contribution in [3.05, 3.63) is 35.9 Å². The van der Waals surface area contributed by atoms with Gasteiger partial charge in [-0.1, -0.05) is 37.3 Å². The minimum absolute atomic E-state index is 0. The Labute approximate surface area is 131 Å². The highest BCUT2D eigenvalue weighted by Gasteiger charge is 2.23. The molecule has 0 spiro atoms. The van der Waals surface area contributed by atoms with Gasteiger partial charge in [-0.2, -0.15) is 11.8 Å². The minimum Gasteiger partial charge on any atom is -0.355 e. The van der Waals surface area contributed by atoms with Crippen LogP contribution in [0.2, 0.25) is 0 Å². The fourth-order valence-electron chi connectivity index (χ4n) is 2.31. The second-order valence-electron chi connectivity index (χ2n) is 5.11. The summed E-state index contributed by atoms with van der Waals surface area (Å²) in [5.41, 5.74) is 7.17. The number of halogens is 1. The standard InChI is InChI=1S/C15H22N2OS.ClH/c1-11(14(16)12-6-3-2-4-7-12)15(18)17-10-13-8-5-9-19-13;/h2-4,6-7,11,13-14H,5,8-10,16H2,1H3,(H,17,18);1H. The Hall–Kier alpha value is -0.710. The average Bonchev–Trinajstić information content (AvgIpc) is 2.97. The molecule has 3 unspecified atom stereocenters. The maximum Gasteiger partial charge on any atom is 0.224 e. The van der Waals surface area contributed by atoms with Crippen molar-refractivity contribution < 1.29 is 4.79 Å². The van der Waals surface area contributed by atoms with Gasteiger partial charge in [0.2, 0.25) is 5.91 Å². The number of hydrogen-bond acceptors (Lipinski definition) is 3. The Bertz CT molecular complexity index is 410. The van der Waals surface area contributed by atoms with Gasteiger partial charge in [-0.05, 0) is 24.2 Å². The first-order chi connectivity index (χ1) is 9.18. The molecule has 1 aromatic rings. The first-order valence-corrected chi connectivity index (χ1v) is 7.93. The third kappa shape index (κ3) is 4.69. The van der Waals surface area contributed by atoms with Crippen LogP contribution in [-0.2, 0) is 4.79 Å². The van der Waals surface area contributed by atoms with Crippen molar-refractivity contribution in [2.75, 3.05) is 12.3 Å². The number of nitrogens with two attached hydrogens (primary N) is 1. The topological polar surface area (TPSA) is 55.1 Å². The van der Waals surface area contributed by atoms with E-state index >= 15 is 0 Å². The van der Waals surface area contributed by atoms with Crippen LogP contribution < -0.4 is 11.1 Å². The van der Waals surface area contributed by atoms with Crippen LogP contribution in [0, 0.1) is 5.92 Å². The summed E-state index contributed by atoms with van der Waals surface area (Å²) in [5.74, 6) is 1.08. The number of hydrogen-bond donors (Lipinski definition) is 2. The number of carbonyl (C=O) groups is 1. The van der Waals surface area contributed by atoms with Gasteiger partial charge in [-0.25, -0.2) is 0 Å². The summed E-state index contributed by atoms with van der Waals surface area (Å²) in [5, 5.41) is 3.62. The maximum atomic E-state index is 12.1. The van der Waals surface area contributed by atoms with Gasteiger partial charge in [0.25, 0.3) is 0 Å². The van der Waals surface area contributed by atoms with Crippen LogP contribution in [0.4, 0.5) is 0 Å². The van der Waals surface area contributed by atoms with E-state index in [1.165, 1.54) is 18.6 Å². The Morgan fingerprint density at radius 2 is 2.15 bits per heavy atom. The summed E-state index contributed by atoms with van der Waals surface area (Å²) >= 11 is 1.95. The van der Waals surface area contributed by atoms with Gasteiger partial charge >= 0.3 is 0 Å². The van der Waals surface area contributed by atoms with Crippen molar-refractivity contribution in [2.24, 2.45) is 11.7 Å². The van der Waals surface area contributed by atoms with Gasteiger partial charge in [0, 0.05) is 17.8 Å². The lowest BCUT2D eigenvalue weighted by atomic mass is 9.94. The molecule has 112 valence electrons. The number of benzene rings is 1. The first kappa shape index (κ1) is 17.3. The van der Waals surface area contributed by atoms with Gasteiger partial charge in [0.05, 0.1) is 5.92 Å². The van der Waals surface area contributed by atoms with E-state index in [0.29, 0.717) is 5.25 Å². The van der Waals surface area contributed by atoms with E-state index in [0.717, 1.165) is 12.1 Å². The Morgan fingerprint density at radius 1 is 1.45 bits per heavy atom. The van der Waals surface area contributed by atoms with E-state index in [9.17, 15) is 4.79 Å². The maximum absolute atomic E-state index is 12.1. The molecule has 0 bridgehead atoms. The summed E-state index contributed by atoms with van der Waals surface area (Å²) in [6, 6.07) is 9.57. The Kier molecular flexibility index (Phi) is 7.41. The molecule has 1 aliphatic rings. The third-order valence-electron chi connectivity index (χ3n) is 3.66. The molecule has 20 heavy (non-hydrogen) atoms. The molecule has 1 heterocycles. The van der Waals surface area contributed by atoms with Gasteiger partial charge in [-0.15, -0.1) is 12.4 Å². The molecule has 0 radical (unpaired) electrons. The first-order valence-electron chi connectivity index (χ1n) is 6.88. The monoisotopic (exact) mass is 314 g/mol. The van der Waals surface area contributed by atoms with E-state index in [1.54, 1.807) is 0 Å². The number of rotatable bonds is 5. The lowest BCUT2D eigenvalue weighted by molar-refractivity contribution is -0.125. The molecule has 5 heteroatoms. The van der Waals surface area contributed by atoms with E-state index < -0.39 is 0 Å². The van der Waals surface area contributed by atoms with Crippen molar-refractivity contribution in [2.45, 2.75) is 31.1 Å². The predicted molar refractivity (Wildman–Crippen MR) is 88.3 cm³/mol. The SMILES string of the molecule is CC(C(=O)NCC1CCCS1)C(N)c1ccccc1.Cl. The molecule has 3 atom stereocenters. The van der Waals surface area contributed by atoms with Gasteiger partial charge in [-0.3, -0.25) is 4.79 Å². The van der Waals surface area contributed by atoms with Crippen molar-refractivity contribution >= 4 is 30.1 Å². The highest BCUT2D eigenvalue weighted by atomic mass is 35.5. The van der Waals surface area contributed by atoms with Gasteiger partial charge < -0.3 is 11.1 Å². The zero-order chi connectivity index (χ0) is 13.7. The number of thioether (sulfide) groups is 1. The molecule has 1 saturated heterocycles. The lowest BCUT2D eigenvalue weighted by Crippen LogP contribution is -2.38. The predicted octanol–water partition coefficient (Wildman–Crippen LogP) is 2.76. The van der Waals surface area contributed by atoms with Crippen LogP contribution in [0.5, 0.6) is 0 Å². The Morgan fingerprint density at radius 3 is 2.75 bits per heavy atom. The molecular formula is C15H23ClN2OS. The molecule has 0 aromatic heterocycles. The summed E-state index contributed by atoms with van der Waals surface area (Å²) in [6.07, 6.45) is 2.48. The summed E-state index contributed by atoms with van der Waals surface area (Å²) in [4.78, 5) is 12.1. The smallest absolute Gasteiger partial charge is 0.224 e. The second-order valence-corrected chi connectivity index (χ2v) is 6.51. The lowest BCUT2D eigenvalue weighted by Gasteiger charge is -2.20. The van der Waals surface area contributed by atoms with Gasteiger partial charge in [0.1, 0.15) is 0 Å². The zero-order valence-corrected chi connectivity index (χ0v) is 13.4. The van der Waals surface area contributed by atoms with Crippen molar-refractivity contribution in [1.29, 1.82) is 0 Å². The van der Waals surface area contributed by atoms with Crippen LogP contribution in [0.15, 0.2) is 30.3 Å². The molecule has 1 fully saturated rings. The second kappa shape index (κ2) is 8.55. The van der Waals surface area contributed by atoms with Gasteiger partial charge in [0.15, 0.2) is 0 Å². The quantitative estimate of drug-likeness (QED) is 0.878. The van der Waals surface area contributed by atoms with E-state index in [1.807, 2.05) is 49.0 Å². The molecule has 1 amide bonds. The molecule has 0 saturated carbocycles. The van der Waals surface area contributed by atoms with Crippen molar-refractivity contribution in [3.63, 3.8) is 0 Å². The van der Waals surface area contributed by atoms with Crippen molar-refractivity contribution in [3.8, 4) is 0 Å². The van der Waals surface area contributed by atoms with Crippen molar-refractivity contribution in [1.82, 2.24) is 5.32 Å². The molecular weight excluding hydrogens is 292 g/mol. The molecule has 1 aromatic carbocycles. The molecule has 2 rings (SSSR count). The third-order valence-corrected chi connectivity index (χ3v) is 5.06. The van der Waals surface area contributed by atoms with Crippen LogP contribution in [0.1, 0.15) is 31.4 Å². The fraction of sp³-hybridized carbons (Fsp3) is 0.533. The number of amides is 1. The highest BCUT2D eigenvalue weighted by Crippen LogP contribution is 2.25. The molecule has 0 aliphatic carbocycles. The Balaban J connectivity index is 0.00000200. The average molecular weight is 315 g/mol. The minimum atomic E-state index is -0.238. The number of carbonyl (C=O) groups excluding carboxylic acids is 1. The fourth-order valence-corrected chi connectivity index (χ4v) is 3.51. The largest absolute Gasteiger partial charge is 0.355 e. The van der Waals surface area contributed by atoms with Crippen LogP contribution in [0.25, 0.3) is 0 Å². The molecule has 3 N–H and O–H groups in total. The van der Waals surface area contributed by atoms with E-state index in [2.05, 4.69) is 5.32 Å². The molecule has 3 nitrogen and oxygen atoms in total. The summed E-state index contributed by atoms with van der Waals surface area (Å²) < 4.78 is 0. The van der Waals surface area contributed by atoms with E-state index in [-0.39, 0.29) is 30.3 Å². The summed E-state index contributed by atoms with van der Waals surface area (Å²) in [6.45, 7) is 2.67. The highest BCUT2D eigenvalue weighted by molar-refractivity contribution is 8.00. The molecule has 1 aliphatic heterocycles. The number of nitrogens with one attached hydrogen (secondary N) is 1. The normalized spacial score (nSPS) is 20.8. The van der Waals surface area contributed by atoms with Crippen LogP contribution in [-0.4, -0.2) is 23.5 Å². The van der Waals surface area contributed by atoms with Crippen LogP contribution >= 0.6 is 24.2 Å². The summed E-state index contributed by atoms with van der Waals surface area (Å²) in [7, 11) is 0. The zero-order valence-electron chi connectivity index (χ0n) is 11.7. The van der Waals surface area contributed by atoms with Crippen LogP contribution in [0.3, 0.4) is 0 Å². The van der Waals surface area contributed by atoms with E-state index in [4.69, 9.17) is 5.73 Å².